The lowest BCUT2D eigenvalue weighted by atomic mass is 9.98. The molecular weight excluding hydrogens is 662 g/mol. The molecule has 16 heteroatoms. The maximum atomic E-state index is 13.6. The molecule has 0 atom stereocenters. The van der Waals surface area contributed by atoms with Crippen LogP contribution in [-0.4, -0.2) is 77.7 Å². The van der Waals surface area contributed by atoms with E-state index in [0.717, 1.165) is 0 Å². The van der Waals surface area contributed by atoms with Crippen LogP contribution in [0, 0.1) is 10.8 Å². The number of amides is 1. The molecule has 1 aliphatic rings. The number of nitrogens with one attached hydrogen (secondary N) is 2. The molecule has 46 heavy (non-hydrogen) atoms. The number of piperidine rings is 1. The summed E-state index contributed by atoms with van der Waals surface area (Å²) < 4.78 is 34.7. The Morgan fingerprint density at radius 2 is 1.48 bits per heavy atom. The average molecular weight is 704 g/mol. The Morgan fingerprint density at radius 3 is 1.98 bits per heavy atom. The molecule has 1 aromatic heterocycles. The van der Waals surface area contributed by atoms with E-state index in [1.807, 2.05) is 4.90 Å². The Balaban J connectivity index is 1.57. The molecule has 1 amide bonds. The molecule has 0 spiro atoms. The summed E-state index contributed by atoms with van der Waals surface area (Å²) in [5, 5.41) is 10.00. The van der Waals surface area contributed by atoms with Crippen LogP contribution in [0.1, 0.15) is 80.8 Å². The zero-order valence-corrected chi connectivity index (χ0v) is 29.2. The van der Waals surface area contributed by atoms with Gasteiger partial charge in [0.25, 0.3) is 5.91 Å². The zero-order valence-electron chi connectivity index (χ0n) is 26.8. The molecule has 2 N–H and O–H groups in total. The SMILES string of the molecule is CC(C)(C)C(=O)OCOP(=O)(CN1CCC(NC(=O)c2[nH]ncc2CC(=O)c2c(Cl)cccc2Cl)CC1)OCOC(=O)C(C)(C)C. The summed E-state index contributed by atoms with van der Waals surface area (Å²) in [7, 11) is -3.92. The van der Waals surface area contributed by atoms with Crippen LogP contribution in [0.5, 0.6) is 0 Å². The highest BCUT2D eigenvalue weighted by molar-refractivity contribution is 7.53. The van der Waals surface area contributed by atoms with Crippen LogP contribution < -0.4 is 5.32 Å². The first-order chi connectivity index (χ1) is 21.4. The van der Waals surface area contributed by atoms with Gasteiger partial charge in [-0.25, -0.2) is 0 Å². The van der Waals surface area contributed by atoms with Crippen LogP contribution in [-0.2, 0) is 39.1 Å². The number of ether oxygens (including phenoxy) is 2. The number of hydrogen-bond acceptors (Lipinski definition) is 11. The quantitative estimate of drug-likeness (QED) is 0.115. The molecule has 0 radical (unpaired) electrons. The molecule has 1 saturated heterocycles. The van der Waals surface area contributed by atoms with Gasteiger partial charge in [-0.2, -0.15) is 5.10 Å². The highest BCUT2D eigenvalue weighted by Crippen LogP contribution is 2.49. The normalized spacial score (nSPS) is 15.0. The number of benzene rings is 1. The summed E-state index contributed by atoms with van der Waals surface area (Å²) in [5.74, 6) is -1.88. The maximum absolute atomic E-state index is 13.6. The molecular formula is C30H41Cl2N4O9P. The second-order valence-corrected chi connectivity index (χ2v) is 15.8. The molecule has 1 fully saturated rings. The fourth-order valence-electron chi connectivity index (χ4n) is 4.26. The third-order valence-corrected chi connectivity index (χ3v) is 9.31. The first kappa shape index (κ1) is 37.7. The van der Waals surface area contributed by atoms with Gasteiger partial charge in [-0.1, -0.05) is 29.3 Å². The zero-order chi connectivity index (χ0) is 34.3. The van der Waals surface area contributed by atoms with Gasteiger partial charge in [-0.3, -0.25) is 42.8 Å². The van der Waals surface area contributed by atoms with E-state index in [2.05, 4.69) is 15.5 Å². The number of carbonyl (C=O) groups is 4. The van der Waals surface area contributed by atoms with Crippen LogP contribution in [0.3, 0.4) is 0 Å². The molecule has 1 aromatic carbocycles. The van der Waals surface area contributed by atoms with Gasteiger partial charge >= 0.3 is 19.5 Å². The van der Waals surface area contributed by atoms with Crippen molar-refractivity contribution < 1.29 is 42.3 Å². The number of H-pyrrole nitrogens is 1. The van der Waals surface area contributed by atoms with Gasteiger partial charge in [-0.05, 0) is 66.5 Å². The van der Waals surface area contributed by atoms with Gasteiger partial charge in [0, 0.05) is 31.1 Å². The highest BCUT2D eigenvalue weighted by Gasteiger charge is 2.34. The molecule has 0 unspecified atom stereocenters. The molecule has 0 bridgehead atoms. The summed E-state index contributed by atoms with van der Waals surface area (Å²) in [6.45, 7) is 9.65. The van der Waals surface area contributed by atoms with Crippen molar-refractivity contribution in [2.45, 2.75) is 66.8 Å². The number of hydrogen-bond donors (Lipinski definition) is 2. The predicted molar refractivity (Wildman–Crippen MR) is 171 cm³/mol. The number of likely N-dealkylation sites (tertiary alicyclic amines) is 1. The Labute approximate surface area is 278 Å². The lowest BCUT2D eigenvalue weighted by Crippen LogP contribution is -2.45. The van der Waals surface area contributed by atoms with Gasteiger partial charge in [0.05, 0.1) is 32.6 Å². The minimum Gasteiger partial charge on any atom is -0.438 e. The van der Waals surface area contributed by atoms with Crippen molar-refractivity contribution in [3.8, 4) is 0 Å². The van der Waals surface area contributed by atoms with Crippen molar-refractivity contribution >= 4 is 54.4 Å². The Bertz CT molecular complexity index is 1400. The van der Waals surface area contributed by atoms with Gasteiger partial charge in [0.1, 0.15) is 12.0 Å². The number of ketones is 1. The summed E-state index contributed by atoms with van der Waals surface area (Å²) in [6, 6.07) is 4.54. The third kappa shape index (κ3) is 10.9. The van der Waals surface area contributed by atoms with Crippen LogP contribution in [0.25, 0.3) is 0 Å². The van der Waals surface area contributed by atoms with Crippen molar-refractivity contribution in [2.75, 3.05) is 33.0 Å². The number of nitrogens with zero attached hydrogens (tertiary/aromatic N) is 2. The van der Waals surface area contributed by atoms with Crippen molar-refractivity contribution in [1.29, 1.82) is 0 Å². The molecule has 13 nitrogen and oxygen atoms in total. The van der Waals surface area contributed by atoms with E-state index in [4.69, 9.17) is 41.7 Å². The number of Topliss-reactive ketones (excluding diaryl/α,β-unsaturated/α-hetero) is 1. The smallest absolute Gasteiger partial charge is 0.350 e. The molecule has 2 aromatic rings. The first-order valence-electron chi connectivity index (χ1n) is 14.6. The Morgan fingerprint density at radius 1 is 0.957 bits per heavy atom. The minimum atomic E-state index is -3.92. The monoisotopic (exact) mass is 702 g/mol. The first-order valence-corrected chi connectivity index (χ1v) is 17.1. The molecule has 2 heterocycles. The van der Waals surface area contributed by atoms with E-state index in [1.54, 1.807) is 59.7 Å². The van der Waals surface area contributed by atoms with E-state index >= 15 is 0 Å². The summed E-state index contributed by atoms with van der Waals surface area (Å²) in [5.41, 5.74) is -0.863. The van der Waals surface area contributed by atoms with Crippen molar-refractivity contribution in [1.82, 2.24) is 20.4 Å². The minimum absolute atomic E-state index is 0.132. The number of halogens is 2. The summed E-state index contributed by atoms with van der Waals surface area (Å²) >= 11 is 12.3. The van der Waals surface area contributed by atoms with E-state index in [1.165, 1.54) is 6.20 Å². The second kappa shape index (κ2) is 15.9. The third-order valence-electron chi connectivity index (χ3n) is 6.94. The van der Waals surface area contributed by atoms with Gasteiger partial charge in [0.15, 0.2) is 5.78 Å². The predicted octanol–water partition coefficient (Wildman–Crippen LogP) is 5.61. The maximum Gasteiger partial charge on any atom is 0.350 e. The lowest BCUT2D eigenvalue weighted by Gasteiger charge is -2.33. The van der Waals surface area contributed by atoms with Crippen LogP contribution in [0.2, 0.25) is 10.0 Å². The molecule has 0 aliphatic carbocycles. The molecule has 254 valence electrons. The van der Waals surface area contributed by atoms with Gasteiger partial charge < -0.3 is 14.8 Å². The summed E-state index contributed by atoms with van der Waals surface area (Å²) in [4.78, 5) is 52.2. The van der Waals surface area contributed by atoms with E-state index < -0.39 is 49.9 Å². The standard InChI is InChI=1S/C30H41Cl2N4O9P/c1-29(2,3)27(39)42-17-44-46(41,45-18-43-28(40)30(4,5)6)16-36-12-10-20(11-13-36)34-26(38)25-19(15-33-35-25)14-23(37)24-21(31)8-7-9-22(24)32/h7-9,15,20H,10-14,16-18H2,1-6H3,(H,33,35)(H,34,38). The fourth-order valence-corrected chi connectivity index (χ4v) is 6.31. The lowest BCUT2D eigenvalue weighted by molar-refractivity contribution is -0.162. The van der Waals surface area contributed by atoms with Crippen molar-refractivity contribution in [3.63, 3.8) is 0 Å². The number of aromatic amines is 1. The number of rotatable bonds is 13. The number of carbonyl (C=O) groups excluding carboxylic acids is 4. The van der Waals surface area contributed by atoms with E-state index in [0.29, 0.717) is 31.5 Å². The van der Waals surface area contributed by atoms with Crippen LogP contribution >= 0.6 is 30.8 Å². The Hall–Kier alpha value is -2.80. The fraction of sp³-hybridized carbons (Fsp3) is 0.567. The second-order valence-electron chi connectivity index (χ2n) is 12.9. The Kier molecular flexibility index (Phi) is 13.0. The molecule has 1 aliphatic heterocycles. The van der Waals surface area contributed by atoms with Gasteiger partial charge in [0.2, 0.25) is 13.6 Å². The van der Waals surface area contributed by atoms with E-state index in [9.17, 15) is 23.7 Å². The molecule has 0 saturated carbocycles. The number of esters is 2. The van der Waals surface area contributed by atoms with E-state index in [-0.39, 0.29) is 45.8 Å². The highest BCUT2D eigenvalue weighted by atomic mass is 35.5. The van der Waals surface area contributed by atoms with Crippen LogP contribution in [0.15, 0.2) is 24.4 Å². The summed E-state index contributed by atoms with van der Waals surface area (Å²) in [6.07, 6.45) is 2.12. The van der Waals surface area contributed by atoms with Crippen LogP contribution in [0.4, 0.5) is 0 Å². The average Bonchev–Trinajstić information content (AvgIpc) is 3.41. The largest absolute Gasteiger partial charge is 0.438 e. The van der Waals surface area contributed by atoms with Crippen molar-refractivity contribution in [3.05, 3.63) is 51.3 Å². The topological polar surface area (TPSA) is 166 Å². The number of aromatic nitrogens is 2. The van der Waals surface area contributed by atoms with Gasteiger partial charge in [-0.15, -0.1) is 0 Å². The molecule has 3 rings (SSSR count). The van der Waals surface area contributed by atoms with Crippen molar-refractivity contribution in [2.24, 2.45) is 10.8 Å².